The second-order valence-electron chi connectivity index (χ2n) is 3.31. The number of rotatable bonds is 3. The summed E-state index contributed by atoms with van der Waals surface area (Å²) in [5, 5.41) is 8.67. The van der Waals surface area contributed by atoms with Crippen LogP contribution in [0, 0.1) is 0 Å². The highest BCUT2D eigenvalue weighted by atomic mass is 35.5. The molecule has 2 N–H and O–H groups in total. The third-order valence-electron chi connectivity index (χ3n) is 2.20. The Balaban J connectivity index is 2.49. The minimum absolute atomic E-state index is 0.273. The van der Waals surface area contributed by atoms with Crippen molar-refractivity contribution in [1.82, 2.24) is 19.6 Å². The molecule has 0 amide bonds. The van der Waals surface area contributed by atoms with Crippen molar-refractivity contribution in [3.63, 3.8) is 0 Å². The lowest BCUT2D eigenvalue weighted by Gasteiger charge is -1.97. The van der Waals surface area contributed by atoms with Gasteiger partial charge in [0.1, 0.15) is 10.0 Å². The van der Waals surface area contributed by atoms with Crippen molar-refractivity contribution in [3.05, 3.63) is 23.0 Å². The summed E-state index contributed by atoms with van der Waals surface area (Å²) in [4.78, 5) is 0.273. The minimum atomic E-state index is 0.273. The van der Waals surface area contributed by atoms with Crippen LogP contribution in [0.15, 0.2) is 12.4 Å². The van der Waals surface area contributed by atoms with Crippen LogP contribution in [-0.4, -0.2) is 31.7 Å². The average molecular weight is 272 g/mol. The smallest absolute Gasteiger partial charge is 0.232 e. The van der Waals surface area contributed by atoms with Gasteiger partial charge in [-0.15, -0.1) is 5.10 Å². The molecule has 0 fully saturated rings. The van der Waals surface area contributed by atoms with Crippen LogP contribution in [0.3, 0.4) is 0 Å². The zero-order valence-electron chi connectivity index (χ0n) is 9.22. The molecule has 2 aromatic rings. The van der Waals surface area contributed by atoms with Crippen molar-refractivity contribution in [2.24, 2.45) is 12.8 Å². The van der Waals surface area contributed by atoms with Crippen molar-refractivity contribution in [2.45, 2.75) is 0 Å². The van der Waals surface area contributed by atoms with Crippen LogP contribution in [0.4, 0.5) is 0 Å². The van der Waals surface area contributed by atoms with Gasteiger partial charge < -0.3 is 10.5 Å². The van der Waals surface area contributed by atoms with E-state index in [9.17, 15) is 0 Å². The van der Waals surface area contributed by atoms with E-state index in [1.54, 1.807) is 19.4 Å². The van der Waals surface area contributed by atoms with E-state index in [2.05, 4.69) is 10.2 Å². The van der Waals surface area contributed by atoms with Crippen molar-refractivity contribution < 1.29 is 4.74 Å². The van der Waals surface area contributed by atoms with Gasteiger partial charge >= 0.3 is 0 Å². The molecule has 2 aromatic heterocycles. The Bertz CT molecular complexity index is 576. The lowest BCUT2D eigenvalue weighted by Crippen LogP contribution is -2.07. The van der Waals surface area contributed by atoms with E-state index in [0.29, 0.717) is 22.3 Å². The maximum absolute atomic E-state index is 6.12. The molecule has 0 radical (unpaired) electrons. The van der Waals surface area contributed by atoms with Crippen LogP contribution < -0.4 is 10.5 Å². The van der Waals surface area contributed by atoms with Gasteiger partial charge in [0.2, 0.25) is 5.88 Å². The molecule has 0 spiro atoms. The van der Waals surface area contributed by atoms with Gasteiger partial charge in [0.15, 0.2) is 5.82 Å². The summed E-state index contributed by atoms with van der Waals surface area (Å²) in [6.07, 6.45) is 3.22. The molecule has 0 aliphatic rings. The van der Waals surface area contributed by atoms with Crippen LogP contribution in [0.25, 0.3) is 5.82 Å². The number of hydrogen-bond donors (Lipinski definition) is 1. The molecular weight excluding hydrogens is 262 g/mol. The van der Waals surface area contributed by atoms with E-state index >= 15 is 0 Å². The van der Waals surface area contributed by atoms with Gasteiger partial charge in [0.05, 0.1) is 13.3 Å². The zero-order chi connectivity index (χ0) is 12.6. The Kier molecular flexibility index (Phi) is 3.03. The summed E-state index contributed by atoms with van der Waals surface area (Å²) in [7, 11) is 3.25. The molecule has 8 heteroatoms. The fourth-order valence-corrected chi connectivity index (χ4v) is 1.83. The predicted octanol–water partition coefficient (Wildman–Crippen LogP) is 0.902. The van der Waals surface area contributed by atoms with Crippen LogP contribution in [0.2, 0.25) is 5.02 Å². The first kappa shape index (κ1) is 11.9. The molecular formula is C9H10ClN5OS. The standard InChI is InChI=1S/C9H10ClN5OS/c1-14-9(16-2)6(10)8(13-14)15-4-5(3-12-15)7(11)17/h3-4H,1-2H3,(H2,11,17). The van der Waals surface area contributed by atoms with Crippen molar-refractivity contribution in [2.75, 3.05) is 7.11 Å². The van der Waals surface area contributed by atoms with Gasteiger partial charge in [-0.1, -0.05) is 23.8 Å². The molecule has 0 aromatic carbocycles. The largest absolute Gasteiger partial charge is 0.480 e. The van der Waals surface area contributed by atoms with Gasteiger partial charge in [-0.3, -0.25) is 0 Å². The van der Waals surface area contributed by atoms with Crippen LogP contribution in [-0.2, 0) is 7.05 Å². The molecule has 6 nitrogen and oxygen atoms in total. The Morgan fingerprint density at radius 3 is 2.76 bits per heavy atom. The number of hydrogen-bond acceptors (Lipinski definition) is 4. The summed E-state index contributed by atoms with van der Waals surface area (Å²) in [5.41, 5.74) is 6.15. The van der Waals surface area contributed by atoms with Gasteiger partial charge in [-0.05, 0) is 0 Å². The highest BCUT2D eigenvalue weighted by Crippen LogP contribution is 2.29. The number of halogens is 1. The maximum Gasteiger partial charge on any atom is 0.232 e. The van der Waals surface area contributed by atoms with Gasteiger partial charge in [-0.2, -0.15) is 5.10 Å². The second kappa shape index (κ2) is 4.34. The Morgan fingerprint density at radius 1 is 1.59 bits per heavy atom. The first-order valence-corrected chi connectivity index (χ1v) is 5.44. The van der Waals surface area contributed by atoms with Crippen LogP contribution in [0.5, 0.6) is 5.88 Å². The molecule has 2 rings (SSSR count). The first-order valence-electron chi connectivity index (χ1n) is 4.66. The number of nitrogens with two attached hydrogens (primary N) is 1. The van der Waals surface area contributed by atoms with Crippen molar-refractivity contribution in [3.8, 4) is 11.7 Å². The fraction of sp³-hybridized carbons (Fsp3) is 0.222. The molecule has 0 unspecified atom stereocenters. The molecule has 2 heterocycles. The SMILES string of the molecule is COc1c(Cl)c(-n2cc(C(N)=S)cn2)nn1C. The van der Waals surface area contributed by atoms with Gasteiger partial charge in [0, 0.05) is 18.8 Å². The number of aromatic nitrogens is 4. The van der Waals surface area contributed by atoms with Crippen LogP contribution in [0.1, 0.15) is 5.56 Å². The molecule has 0 atom stereocenters. The van der Waals surface area contributed by atoms with E-state index in [4.69, 9.17) is 34.3 Å². The Hall–Kier alpha value is -1.60. The Labute approximate surface area is 108 Å². The number of methoxy groups -OCH3 is 1. The molecule has 17 heavy (non-hydrogen) atoms. The van der Waals surface area contributed by atoms with E-state index in [-0.39, 0.29) is 4.99 Å². The lowest BCUT2D eigenvalue weighted by atomic mass is 10.4. The summed E-state index contributed by atoms with van der Waals surface area (Å²) in [5.74, 6) is 0.933. The third-order valence-corrected chi connectivity index (χ3v) is 2.77. The zero-order valence-corrected chi connectivity index (χ0v) is 10.8. The summed E-state index contributed by atoms with van der Waals surface area (Å²) in [6.45, 7) is 0. The molecule has 0 saturated heterocycles. The van der Waals surface area contributed by atoms with E-state index in [0.717, 1.165) is 0 Å². The van der Waals surface area contributed by atoms with Crippen molar-refractivity contribution >= 4 is 28.8 Å². The average Bonchev–Trinajstić information content (AvgIpc) is 2.84. The molecule has 0 saturated carbocycles. The van der Waals surface area contributed by atoms with E-state index < -0.39 is 0 Å². The maximum atomic E-state index is 6.12. The normalized spacial score (nSPS) is 10.5. The number of ether oxygens (including phenoxy) is 1. The molecule has 90 valence electrons. The topological polar surface area (TPSA) is 70.9 Å². The highest BCUT2D eigenvalue weighted by Gasteiger charge is 2.17. The fourth-order valence-electron chi connectivity index (χ4n) is 1.40. The van der Waals surface area contributed by atoms with E-state index in [1.807, 2.05) is 0 Å². The summed E-state index contributed by atoms with van der Waals surface area (Å²) in [6, 6.07) is 0. The number of nitrogens with zero attached hydrogens (tertiary/aromatic N) is 4. The third kappa shape index (κ3) is 1.98. The number of aryl methyl sites for hydroxylation is 1. The molecule has 0 aliphatic carbocycles. The monoisotopic (exact) mass is 271 g/mol. The minimum Gasteiger partial charge on any atom is -0.480 e. The van der Waals surface area contributed by atoms with E-state index in [1.165, 1.54) is 16.5 Å². The summed E-state index contributed by atoms with van der Waals surface area (Å²) >= 11 is 11.0. The predicted molar refractivity (Wildman–Crippen MR) is 67.8 cm³/mol. The second-order valence-corrected chi connectivity index (χ2v) is 4.13. The van der Waals surface area contributed by atoms with Crippen molar-refractivity contribution in [1.29, 1.82) is 0 Å². The number of thiocarbonyl (C=S) groups is 1. The first-order chi connectivity index (χ1) is 8.04. The molecule has 0 aliphatic heterocycles. The van der Waals surface area contributed by atoms with Crippen LogP contribution >= 0.6 is 23.8 Å². The quantitative estimate of drug-likeness (QED) is 0.840. The lowest BCUT2D eigenvalue weighted by molar-refractivity contribution is 0.373. The molecule has 0 bridgehead atoms. The van der Waals surface area contributed by atoms with Gasteiger partial charge in [0.25, 0.3) is 0 Å². The summed E-state index contributed by atoms with van der Waals surface area (Å²) < 4.78 is 8.14. The Morgan fingerprint density at radius 2 is 2.29 bits per heavy atom. The van der Waals surface area contributed by atoms with Gasteiger partial charge in [-0.25, -0.2) is 9.36 Å². The highest BCUT2D eigenvalue weighted by molar-refractivity contribution is 7.80.